The Morgan fingerprint density at radius 3 is 2.67 bits per heavy atom. The van der Waals surface area contributed by atoms with Gasteiger partial charge < -0.3 is 15.8 Å². The second-order valence-electron chi connectivity index (χ2n) is 5.72. The van der Waals surface area contributed by atoms with Crippen LogP contribution in [0.5, 0.6) is 5.75 Å². The van der Waals surface area contributed by atoms with E-state index in [1.807, 2.05) is 32.2 Å². The number of hydrogen-bond acceptors (Lipinski definition) is 5. The van der Waals surface area contributed by atoms with E-state index in [2.05, 4.69) is 10.3 Å². The van der Waals surface area contributed by atoms with Crippen LogP contribution in [0.2, 0.25) is 0 Å². The fourth-order valence-corrected chi connectivity index (χ4v) is 2.39. The summed E-state index contributed by atoms with van der Waals surface area (Å²) in [6.07, 6.45) is 0. The van der Waals surface area contributed by atoms with Gasteiger partial charge in [0, 0.05) is 23.0 Å². The molecule has 2 aromatic rings. The average Bonchev–Trinajstić information content (AvgIpc) is 2.91. The smallest absolute Gasteiger partial charge is 0.251 e. The first-order valence-electron chi connectivity index (χ1n) is 7.06. The molecule has 0 bridgehead atoms. The molecule has 0 aliphatic heterocycles. The number of ether oxygens (including phenoxy) is 1. The summed E-state index contributed by atoms with van der Waals surface area (Å²) in [4.78, 5) is 16.6. The van der Waals surface area contributed by atoms with Crippen molar-refractivity contribution in [3.63, 3.8) is 0 Å². The molecule has 1 heterocycles. The van der Waals surface area contributed by atoms with Gasteiger partial charge in [-0.2, -0.15) is 0 Å². The van der Waals surface area contributed by atoms with Gasteiger partial charge in [-0.05, 0) is 39.0 Å². The van der Waals surface area contributed by atoms with Crippen molar-refractivity contribution in [3.05, 3.63) is 45.9 Å². The van der Waals surface area contributed by atoms with Gasteiger partial charge in [0.1, 0.15) is 12.4 Å². The molecule has 1 aromatic heterocycles. The van der Waals surface area contributed by atoms with Crippen LogP contribution >= 0.6 is 36.2 Å². The topological polar surface area (TPSA) is 77.2 Å². The molecule has 1 aromatic carbocycles. The molecule has 5 nitrogen and oxygen atoms in total. The van der Waals surface area contributed by atoms with E-state index in [1.165, 1.54) is 0 Å². The zero-order chi connectivity index (χ0) is 16.2. The van der Waals surface area contributed by atoms with E-state index in [1.54, 1.807) is 29.5 Å². The fraction of sp³-hybridized carbons (Fsp3) is 0.375. The van der Waals surface area contributed by atoms with Gasteiger partial charge in [0.05, 0.1) is 10.7 Å². The van der Waals surface area contributed by atoms with Crippen molar-refractivity contribution in [2.24, 2.45) is 5.73 Å². The molecule has 0 spiro atoms. The van der Waals surface area contributed by atoms with Crippen molar-refractivity contribution in [2.45, 2.75) is 32.9 Å². The van der Waals surface area contributed by atoms with Gasteiger partial charge in [-0.1, -0.05) is 6.07 Å². The summed E-state index contributed by atoms with van der Waals surface area (Å²) in [6.45, 7) is 6.49. The molecule has 0 saturated carbocycles. The average molecular weight is 392 g/mol. The van der Waals surface area contributed by atoms with E-state index in [0.29, 0.717) is 24.5 Å². The Morgan fingerprint density at radius 1 is 1.38 bits per heavy atom. The molecule has 0 unspecified atom stereocenters. The SMILES string of the molecule is Cc1nc(COc2cccc(C(=O)NC(C)(C)CN)c2)cs1.Cl.Cl. The lowest BCUT2D eigenvalue weighted by Crippen LogP contribution is -2.48. The van der Waals surface area contributed by atoms with E-state index in [9.17, 15) is 4.79 Å². The molecule has 0 atom stereocenters. The summed E-state index contributed by atoms with van der Waals surface area (Å²) < 4.78 is 5.69. The van der Waals surface area contributed by atoms with Crippen LogP contribution in [0.15, 0.2) is 29.6 Å². The number of benzene rings is 1. The fourth-order valence-electron chi connectivity index (χ4n) is 1.79. The van der Waals surface area contributed by atoms with Gasteiger partial charge in [-0.3, -0.25) is 4.79 Å². The van der Waals surface area contributed by atoms with Crippen LogP contribution in [-0.2, 0) is 6.61 Å². The van der Waals surface area contributed by atoms with Gasteiger partial charge in [0.15, 0.2) is 0 Å². The van der Waals surface area contributed by atoms with Gasteiger partial charge in [-0.25, -0.2) is 4.98 Å². The van der Waals surface area contributed by atoms with Crippen LogP contribution in [0.25, 0.3) is 0 Å². The standard InChI is InChI=1S/C16H21N3O2S.2ClH/c1-11-18-13(9-22-11)8-21-14-6-4-5-12(7-14)15(20)19-16(2,3)10-17;;/h4-7,9H,8,10,17H2,1-3H3,(H,19,20);2*1H. The molecule has 3 N–H and O–H groups in total. The summed E-state index contributed by atoms with van der Waals surface area (Å²) in [5.74, 6) is 0.481. The maximum Gasteiger partial charge on any atom is 0.251 e. The number of nitrogens with one attached hydrogen (secondary N) is 1. The molecule has 0 radical (unpaired) electrons. The molecule has 0 saturated heterocycles. The lowest BCUT2D eigenvalue weighted by Gasteiger charge is -2.24. The lowest BCUT2D eigenvalue weighted by atomic mass is 10.1. The zero-order valence-corrected chi connectivity index (χ0v) is 16.3. The van der Waals surface area contributed by atoms with Crippen LogP contribution in [0.3, 0.4) is 0 Å². The normalized spacial score (nSPS) is 10.3. The molecule has 0 aliphatic carbocycles. The number of rotatable bonds is 6. The molecular formula is C16H23Cl2N3O2S. The van der Waals surface area contributed by atoms with Crippen molar-refractivity contribution in [2.75, 3.05) is 6.54 Å². The summed E-state index contributed by atoms with van der Waals surface area (Å²) in [7, 11) is 0. The third-order valence-electron chi connectivity index (χ3n) is 3.11. The second-order valence-corrected chi connectivity index (χ2v) is 6.78. The number of hydrogen-bond donors (Lipinski definition) is 2. The Morgan fingerprint density at radius 2 is 2.08 bits per heavy atom. The molecule has 8 heteroatoms. The molecule has 0 aliphatic rings. The number of amides is 1. The second kappa shape index (κ2) is 9.84. The number of nitrogens with two attached hydrogens (primary N) is 1. The van der Waals surface area contributed by atoms with E-state index in [4.69, 9.17) is 10.5 Å². The number of thiazole rings is 1. The van der Waals surface area contributed by atoms with E-state index in [0.717, 1.165) is 10.7 Å². The predicted molar refractivity (Wildman–Crippen MR) is 103 cm³/mol. The van der Waals surface area contributed by atoms with Crippen molar-refractivity contribution >= 4 is 42.1 Å². The van der Waals surface area contributed by atoms with E-state index < -0.39 is 5.54 Å². The lowest BCUT2D eigenvalue weighted by molar-refractivity contribution is 0.0915. The molecule has 24 heavy (non-hydrogen) atoms. The van der Waals surface area contributed by atoms with Gasteiger partial charge in [-0.15, -0.1) is 36.2 Å². The number of carbonyl (C=O) groups excluding carboxylic acids is 1. The van der Waals surface area contributed by atoms with E-state index in [-0.39, 0.29) is 30.7 Å². The zero-order valence-electron chi connectivity index (χ0n) is 13.9. The minimum Gasteiger partial charge on any atom is -0.487 e. The molecule has 1 amide bonds. The Hall–Kier alpha value is -1.34. The highest BCUT2D eigenvalue weighted by Crippen LogP contribution is 2.17. The largest absolute Gasteiger partial charge is 0.487 e. The van der Waals surface area contributed by atoms with Crippen molar-refractivity contribution in [3.8, 4) is 5.75 Å². The Labute approximate surface area is 158 Å². The Bertz CT molecular complexity index is 662. The first kappa shape index (κ1) is 22.7. The van der Waals surface area contributed by atoms with Crippen LogP contribution in [-0.4, -0.2) is 23.0 Å². The third kappa shape index (κ3) is 6.65. The maximum atomic E-state index is 12.2. The summed E-state index contributed by atoms with van der Waals surface area (Å²) in [6, 6.07) is 7.10. The highest BCUT2D eigenvalue weighted by Gasteiger charge is 2.19. The first-order valence-corrected chi connectivity index (χ1v) is 7.94. The molecule has 0 fully saturated rings. The summed E-state index contributed by atoms with van der Waals surface area (Å²) in [5, 5.41) is 5.87. The third-order valence-corrected chi connectivity index (χ3v) is 3.93. The number of aromatic nitrogens is 1. The van der Waals surface area contributed by atoms with Gasteiger partial charge in [0.2, 0.25) is 0 Å². The summed E-state index contributed by atoms with van der Waals surface area (Å²) in [5.41, 5.74) is 6.63. The minimum atomic E-state index is -0.438. The molecule has 2 rings (SSSR count). The van der Waals surface area contributed by atoms with Gasteiger partial charge in [0.25, 0.3) is 5.91 Å². The summed E-state index contributed by atoms with van der Waals surface area (Å²) >= 11 is 1.59. The van der Waals surface area contributed by atoms with Crippen molar-refractivity contribution < 1.29 is 9.53 Å². The van der Waals surface area contributed by atoms with Crippen LogP contribution in [0, 0.1) is 6.92 Å². The monoisotopic (exact) mass is 391 g/mol. The predicted octanol–water partition coefficient (Wildman–Crippen LogP) is 3.34. The highest BCUT2D eigenvalue weighted by atomic mass is 35.5. The van der Waals surface area contributed by atoms with Crippen LogP contribution in [0.4, 0.5) is 0 Å². The van der Waals surface area contributed by atoms with Crippen LogP contribution in [0.1, 0.15) is 34.9 Å². The Balaban J connectivity index is 0.00000264. The number of nitrogens with zero attached hydrogens (tertiary/aromatic N) is 1. The van der Waals surface area contributed by atoms with Crippen LogP contribution < -0.4 is 15.8 Å². The molecule has 134 valence electrons. The number of aryl methyl sites for hydroxylation is 1. The first-order chi connectivity index (χ1) is 10.4. The number of carbonyl (C=O) groups is 1. The van der Waals surface area contributed by atoms with Gasteiger partial charge >= 0.3 is 0 Å². The minimum absolute atomic E-state index is 0. The van der Waals surface area contributed by atoms with Crippen molar-refractivity contribution in [1.82, 2.24) is 10.3 Å². The maximum absolute atomic E-state index is 12.2. The highest BCUT2D eigenvalue weighted by molar-refractivity contribution is 7.09. The molecular weight excluding hydrogens is 369 g/mol. The van der Waals surface area contributed by atoms with E-state index >= 15 is 0 Å². The van der Waals surface area contributed by atoms with Crippen molar-refractivity contribution in [1.29, 1.82) is 0 Å². The number of halogens is 2. The quantitative estimate of drug-likeness (QED) is 0.791. The Kier molecular flexibility index (Phi) is 9.29.